The molecule has 0 aromatic carbocycles. The van der Waals surface area contributed by atoms with Gasteiger partial charge in [0.05, 0.1) is 0 Å². The molecule has 172 valence electrons. The number of aliphatic hydroxyl groups is 1. The minimum absolute atomic E-state index is 0.357. The summed E-state index contributed by atoms with van der Waals surface area (Å²) >= 11 is 0. The highest BCUT2D eigenvalue weighted by Crippen LogP contribution is 2.65. The zero-order valence-electron chi connectivity index (χ0n) is 20.8. The number of hydrogen-bond donors (Lipinski definition) is 1. The SMILES string of the molecule is CC(C)[C@@H](CCO)CC[C@@H](C)[C@H]1CCC2=C3CCC4CCCC[C@]4(C)[C@H]3CC[C@@]21C. The third-order valence-corrected chi connectivity index (χ3v) is 11.1. The second kappa shape index (κ2) is 8.92. The summed E-state index contributed by atoms with van der Waals surface area (Å²) in [4.78, 5) is 0. The standard InChI is InChI=1S/C29H50O/c1-20(2)22(16-19-30)10-9-21(3)25-13-14-26-24-12-11-23-8-6-7-17-28(23,4)27(24)15-18-29(25,26)5/h20-23,25,27,30H,6-19H2,1-5H3/t21-,22-,23?,25-,27+,28+,29-/m1/s1. The molecule has 1 N–H and O–H groups in total. The molecule has 0 aromatic heterocycles. The van der Waals surface area contributed by atoms with Crippen molar-refractivity contribution in [1.29, 1.82) is 0 Å². The zero-order chi connectivity index (χ0) is 21.5. The second-order valence-corrected chi connectivity index (χ2v) is 12.7. The fraction of sp³-hybridized carbons (Fsp3) is 0.931. The largest absolute Gasteiger partial charge is 0.396 e. The highest BCUT2D eigenvalue weighted by molar-refractivity contribution is 5.34. The molecule has 0 aromatic rings. The van der Waals surface area contributed by atoms with Gasteiger partial charge in [0, 0.05) is 6.61 Å². The Morgan fingerprint density at radius 2 is 1.70 bits per heavy atom. The molecule has 0 bridgehead atoms. The maximum Gasteiger partial charge on any atom is 0.0433 e. The summed E-state index contributed by atoms with van der Waals surface area (Å²) in [6.45, 7) is 13.0. The van der Waals surface area contributed by atoms with Crippen LogP contribution in [0.25, 0.3) is 0 Å². The lowest BCUT2D eigenvalue weighted by molar-refractivity contribution is 0.00915. The van der Waals surface area contributed by atoms with Crippen LogP contribution in [0.5, 0.6) is 0 Å². The molecule has 0 amide bonds. The van der Waals surface area contributed by atoms with E-state index >= 15 is 0 Å². The molecular formula is C29H50O. The van der Waals surface area contributed by atoms with E-state index in [2.05, 4.69) is 34.6 Å². The Bertz CT molecular complexity index is 632. The Morgan fingerprint density at radius 1 is 0.900 bits per heavy atom. The van der Waals surface area contributed by atoms with Crippen LogP contribution in [-0.2, 0) is 0 Å². The maximum atomic E-state index is 9.46. The molecule has 1 unspecified atom stereocenters. The minimum atomic E-state index is 0.357. The third kappa shape index (κ3) is 3.84. The summed E-state index contributed by atoms with van der Waals surface area (Å²) in [6, 6.07) is 0. The van der Waals surface area contributed by atoms with Crippen molar-refractivity contribution < 1.29 is 5.11 Å². The Balaban J connectivity index is 1.50. The molecule has 0 radical (unpaired) electrons. The normalized spacial score (nSPS) is 40.7. The van der Waals surface area contributed by atoms with E-state index in [1.807, 2.05) is 11.1 Å². The van der Waals surface area contributed by atoms with Gasteiger partial charge >= 0.3 is 0 Å². The number of aliphatic hydroxyl groups excluding tert-OH is 1. The van der Waals surface area contributed by atoms with Crippen LogP contribution >= 0.6 is 0 Å². The van der Waals surface area contributed by atoms with E-state index in [0.717, 1.165) is 30.1 Å². The van der Waals surface area contributed by atoms with Crippen molar-refractivity contribution >= 4 is 0 Å². The lowest BCUT2D eigenvalue weighted by Gasteiger charge is -2.56. The van der Waals surface area contributed by atoms with E-state index in [-0.39, 0.29) is 0 Å². The van der Waals surface area contributed by atoms with E-state index in [1.54, 1.807) is 0 Å². The number of rotatable bonds is 7. The van der Waals surface area contributed by atoms with Gasteiger partial charge in [-0.2, -0.15) is 0 Å². The van der Waals surface area contributed by atoms with Gasteiger partial charge in [0.15, 0.2) is 0 Å². The van der Waals surface area contributed by atoms with Crippen molar-refractivity contribution in [3.05, 3.63) is 11.1 Å². The van der Waals surface area contributed by atoms with Gasteiger partial charge in [-0.05, 0) is 111 Å². The van der Waals surface area contributed by atoms with Crippen LogP contribution in [0.15, 0.2) is 11.1 Å². The first-order valence-electron chi connectivity index (χ1n) is 13.6. The summed E-state index contributed by atoms with van der Waals surface area (Å²) in [5.41, 5.74) is 5.04. The van der Waals surface area contributed by atoms with Crippen LogP contribution in [0, 0.1) is 46.3 Å². The van der Waals surface area contributed by atoms with Crippen LogP contribution in [0.3, 0.4) is 0 Å². The Labute approximate surface area is 187 Å². The molecule has 0 spiro atoms. The Morgan fingerprint density at radius 3 is 2.43 bits per heavy atom. The summed E-state index contributed by atoms with van der Waals surface area (Å²) in [7, 11) is 0. The van der Waals surface area contributed by atoms with Gasteiger partial charge < -0.3 is 5.11 Å². The third-order valence-electron chi connectivity index (χ3n) is 11.1. The fourth-order valence-electron chi connectivity index (χ4n) is 9.13. The maximum absolute atomic E-state index is 9.46. The van der Waals surface area contributed by atoms with Gasteiger partial charge in [0.25, 0.3) is 0 Å². The number of hydrogen-bond acceptors (Lipinski definition) is 1. The van der Waals surface area contributed by atoms with Crippen molar-refractivity contribution in [2.45, 2.75) is 118 Å². The van der Waals surface area contributed by atoms with Crippen molar-refractivity contribution in [3.63, 3.8) is 0 Å². The molecule has 4 aliphatic carbocycles. The molecule has 4 aliphatic rings. The molecule has 0 heterocycles. The molecule has 1 nitrogen and oxygen atoms in total. The molecule has 4 rings (SSSR count). The monoisotopic (exact) mass is 414 g/mol. The zero-order valence-corrected chi connectivity index (χ0v) is 20.8. The summed E-state index contributed by atoms with van der Waals surface area (Å²) < 4.78 is 0. The lowest BCUT2D eigenvalue weighted by atomic mass is 9.49. The fourth-order valence-corrected chi connectivity index (χ4v) is 9.13. The van der Waals surface area contributed by atoms with E-state index in [0.29, 0.717) is 29.3 Å². The van der Waals surface area contributed by atoms with Crippen LogP contribution in [0.1, 0.15) is 118 Å². The highest BCUT2D eigenvalue weighted by atomic mass is 16.3. The van der Waals surface area contributed by atoms with Gasteiger partial charge in [0.1, 0.15) is 0 Å². The average Bonchev–Trinajstić information content (AvgIpc) is 3.07. The van der Waals surface area contributed by atoms with Crippen LogP contribution in [0.2, 0.25) is 0 Å². The topological polar surface area (TPSA) is 20.2 Å². The average molecular weight is 415 g/mol. The quantitative estimate of drug-likeness (QED) is 0.416. The highest BCUT2D eigenvalue weighted by Gasteiger charge is 2.54. The second-order valence-electron chi connectivity index (χ2n) is 12.7. The molecule has 3 saturated carbocycles. The van der Waals surface area contributed by atoms with Crippen molar-refractivity contribution in [1.82, 2.24) is 0 Å². The van der Waals surface area contributed by atoms with E-state index in [4.69, 9.17) is 0 Å². The number of allylic oxidation sites excluding steroid dienone is 2. The molecule has 0 saturated heterocycles. The van der Waals surface area contributed by atoms with Crippen molar-refractivity contribution in [2.75, 3.05) is 6.61 Å². The predicted octanol–water partition coefficient (Wildman–Crippen LogP) is 8.17. The summed E-state index contributed by atoms with van der Waals surface area (Å²) in [6.07, 6.45) is 18.3. The first kappa shape index (κ1) is 22.9. The van der Waals surface area contributed by atoms with E-state index in [1.165, 1.54) is 77.0 Å². The first-order chi connectivity index (χ1) is 14.3. The van der Waals surface area contributed by atoms with Gasteiger partial charge in [-0.15, -0.1) is 0 Å². The van der Waals surface area contributed by atoms with Crippen molar-refractivity contribution in [2.24, 2.45) is 46.3 Å². The van der Waals surface area contributed by atoms with E-state index < -0.39 is 0 Å². The molecule has 7 atom stereocenters. The van der Waals surface area contributed by atoms with E-state index in [9.17, 15) is 5.11 Å². The Kier molecular flexibility index (Phi) is 6.80. The smallest absolute Gasteiger partial charge is 0.0433 e. The first-order valence-corrected chi connectivity index (χ1v) is 13.6. The molecule has 30 heavy (non-hydrogen) atoms. The lowest BCUT2D eigenvalue weighted by Crippen LogP contribution is -2.46. The van der Waals surface area contributed by atoms with Crippen LogP contribution in [0.4, 0.5) is 0 Å². The minimum Gasteiger partial charge on any atom is -0.396 e. The van der Waals surface area contributed by atoms with Crippen LogP contribution < -0.4 is 0 Å². The molecular weight excluding hydrogens is 364 g/mol. The van der Waals surface area contributed by atoms with Crippen molar-refractivity contribution in [3.8, 4) is 0 Å². The Hall–Kier alpha value is -0.300. The molecule has 0 aliphatic heterocycles. The summed E-state index contributed by atoms with van der Waals surface area (Å²) in [5.74, 6) is 5.04. The molecule has 1 heteroatoms. The molecule has 3 fully saturated rings. The summed E-state index contributed by atoms with van der Waals surface area (Å²) in [5, 5.41) is 9.46. The van der Waals surface area contributed by atoms with Gasteiger partial charge in [-0.1, -0.05) is 65.0 Å². The van der Waals surface area contributed by atoms with Gasteiger partial charge in [0.2, 0.25) is 0 Å². The van der Waals surface area contributed by atoms with Gasteiger partial charge in [-0.25, -0.2) is 0 Å². The predicted molar refractivity (Wildman–Crippen MR) is 128 cm³/mol. The number of fused-ring (bicyclic) bond motifs is 4. The van der Waals surface area contributed by atoms with Crippen LogP contribution in [-0.4, -0.2) is 11.7 Å². The van der Waals surface area contributed by atoms with Gasteiger partial charge in [-0.3, -0.25) is 0 Å².